The van der Waals surface area contributed by atoms with Crippen molar-refractivity contribution >= 4 is 0 Å². The molecule has 0 amide bonds. The first kappa shape index (κ1) is 16.8. The zero-order valence-electron chi connectivity index (χ0n) is 16.5. The summed E-state index contributed by atoms with van der Waals surface area (Å²) in [7, 11) is 1.78. The molecule has 1 aromatic carbocycles. The van der Waals surface area contributed by atoms with Gasteiger partial charge in [0.2, 0.25) is 0 Å². The first-order chi connectivity index (χ1) is 13.2. The minimum Gasteiger partial charge on any atom is -0.497 e. The van der Waals surface area contributed by atoms with E-state index in [1.807, 2.05) is 0 Å². The molecule has 0 unspecified atom stereocenters. The fourth-order valence-electron chi connectivity index (χ4n) is 6.89. The monoisotopic (exact) mass is 369 g/mol. The molecule has 3 aliphatic carbocycles. The topological polar surface area (TPSA) is 30.9 Å². The summed E-state index contributed by atoms with van der Waals surface area (Å²) in [5, 5.41) is 0. The fourth-order valence-corrected chi connectivity index (χ4v) is 6.89. The van der Waals surface area contributed by atoms with Crippen LogP contribution in [-0.2, 0) is 21.3 Å². The molecule has 0 bridgehead atoms. The van der Waals surface area contributed by atoms with Crippen molar-refractivity contribution < 1.29 is 14.2 Å². The van der Waals surface area contributed by atoms with Gasteiger partial charge in [0.15, 0.2) is 5.79 Å². The largest absolute Gasteiger partial charge is 0.497 e. The summed E-state index contributed by atoms with van der Waals surface area (Å²) in [6.45, 7) is 5.28. The molecule has 146 valence electrons. The molecule has 27 heavy (non-hydrogen) atoms. The Balaban J connectivity index is 1.42. The highest BCUT2D eigenvalue weighted by Crippen LogP contribution is 2.66. The molecule has 2 aliphatic heterocycles. The van der Waals surface area contributed by atoms with Crippen LogP contribution in [0.2, 0.25) is 0 Å². The summed E-state index contributed by atoms with van der Waals surface area (Å²) < 4.78 is 18.1. The van der Waals surface area contributed by atoms with Crippen LogP contribution in [0, 0.1) is 11.3 Å². The molecular formula is C23H31NO3. The average Bonchev–Trinajstić information content (AvgIpc) is 3.30. The zero-order valence-corrected chi connectivity index (χ0v) is 16.5. The van der Waals surface area contributed by atoms with Gasteiger partial charge < -0.3 is 19.1 Å². The number of fused-ring (bicyclic) bond motifs is 1. The maximum Gasteiger partial charge on any atom is 0.169 e. The summed E-state index contributed by atoms with van der Waals surface area (Å²) in [5.41, 5.74) is 3.60. The second-order valence-electron chi connectivity index (χ2n) is 9.78. The van der Waals surface area contributed by atoms with Gasteiger partial charge in [-0.2, -0.15) is 0 Å². The second kappa shape index (κ2) is 5.71. The van der Waals surface area contributed by atoms with Gasteiger partial charge in [-0.15, -0.1) is 0 Å². The van der Waals surface area contributed by atoms with Crippen molar-refractivity contribution in [2.45, 2.75) is 56.1 Å². The van der Waals surface area contributed by atoms with Gasteiger partial charge in [-0.25, -0.2) is 0 Å². The number of hydrogen-bond acceptors (Lipinski definition) is 4. The Morgan fingerprint density at radius 2 is 2.00 bits per heavy atom. The molecule has 2 saturated carbocycles. The van der Waals surface area contributed by atoms with E-state index >= 15 is 0 Å². The molecule has 2 heterocycles. The van der Waals surface area contributed by atoms with Gasteiger partial charge in [-0.3, -0.25) is 0 Å². The second-order valence-corrected chi connectivity index (χ2v) is 9.78. The van der Waals surface area contributed by atoms with Crippen LogP contribution >= 0.6 is 0 Å². The molecule has 4 heteroatoms. The molecule has 5 aliphatic rings. The summed E-state index contributed by atoms with van der Waals surface area (Å²) in [5.74, 6) is 1.62. The van der Waals surface area contributed by atoms with Crippen LogP contribution < -0.4 is 4.74 Å². The third-order valence-electron chi connectivity index (χ3n) is 8.34. The predicted molar refractivity (Wildman–Crippen MR) is 103 cm³/mol. The lowest BCUT2D eigenvalue weighted by Crippen LogP contribution is -2.62. The lowest BCUT2D eigenvalue weighted by atomic mass is 9.51. The van der Waals surface area contributed by atoms with Crippen molar-refractivity contribution in [2.75, 3.05) is 40.0 Å². The Morgan fingerprint density at radius 1 is 1.15 bits per heavy atom. The fraction of sp³-hybridized carbons (Fsp3) is 0.739. The highest BCUT2D eigenvalue weighted by atomic mass is 16.7. The summed E-state index contributed by atoms with van der Waals surface area (Å²) >= 11 is 0. The number of piperidine rings is 1. The standard InChI is InChI=1S/C23H31NO3/c1-25-19-5-4-18-13-21-6-7-23(26-10-11-27-23)15-22(21,20(18)12-19)8-9-24(16-21)14-17-2-3-17/h4-5,12,17H,2-3,6-11,13-16H2,1H3/t21-,22+/m0/s1. The first-order valence-corrected chi connectivity index (χ1v) is 10.8. The minimum absolute atomic E-state index is 0.180. The van der Waals surface area contributed by atoms with E-state index in [1.165, 1.54) is 57.3 Å². The van der Waals surface area contributed by atoms with Crippen molar-refractivity contribution in [1.29, 1.82) is 0 Å². The van der Waals surface area contributed by atoms with E-state index in [1.54, 1.807) is 12.7 Å². The number of ether oxygens (including phenoxy) is 3. The van der Waals surface area contributed by atoms with Gasteiger partial charge in [-0.1, -0.05) is 6.07 Å². The molecule has 0 N–H and O–H groups in total. The number of hydrogen-bond donors (Lipinski definition) is 0. The minimum atomic E-state index is -0.340. The van der Waals surface area contributed by atoms with Crippen molar-refractivity contribution in [3.05, 3.63) is 29.3 Å². The molecule has 0 aromatic heterocycles. The zero-order chi connectivity index (χ0) is 18.1. The van der Waals surface area contributed by atoms with Crippen LogP contribution in [0.25, 0.3) is 0 Å². The normalized spacial score (nSPS) is 37.1. The molecule has 4 fully saturated rings. The van der Waals surface area contributed by atoms with Crippen molar-refractivity contribution in [1.82, 2.24) is 4.90 Å². The van der Waals surface area contributed by atoms with Crippen molar-refractivity contribution in [3.63, 3.8) is 0 Å². The highest BCUT2D eigenvalue weighted by Gasteiger charge is 2.66. The third kappa shape index (κ3) is 2.39. The van der Waals surface area contributed by atoms with Crippen LogP contribution in [0.3, 0.4) is 0 Å². The quantitative estimate of drug-likeness (QED) is 0.816. The molecule has 1 spiro atoms. The predicted octanol–water partition coefficient (Wildman–Crippen LogP) is 3.52. The number of likely N-dealkylation sites (tertiary alicyclic amines) is 1. The Morgan fingerprint density at radius 3 is 2.78 bits per heavy atom. The molecule has 0 radical (unpaired) electrons. The average molecular weight is 370 g/mol. The lowest BCUT2D eigenvalue weighted by Gasteiger charge is -2.59. The molecule has 6 rings (SSSR count). The Bertz CT molecular complexity index is 754. The van der Waals surface area contributed by atoms with Crippen LogP contribution in [-0.4, -0.2) is 50.6 Å². The maximum atomic E-state index is 6.24. The van der Waals surface area contributed by atoms with Gasteiger partial charge in [0, 0.05) is 31.3 Å². The van der Waals surface area contributed by atoms with Gasteiger partial charge >= 0.3 is 0 Å². The third-order valence-corrected chi connectivity index (χ3v) is 8.34. The Hall–Kier alpha value is -1.10. The number of methoxy groups -OCH3 is 1. The van der Waals surface area contributed by atoms with Gasteiger partial charge in [0.05, 0.1) is 20.3 Å². The highest BCUT2D eigenvalue weighted by molar-refractivity contribution is 5.49. The van der Waals surface area contributed by atoms with Gasteiger partial charge in [-0.05, 0) is 73.2 Å². The van der Waals surface area contributed by atoms with E-state index in [2.05, 4.69) is 23.1 Å². The van der Waals surface area contributed by atoms with E-state index in [9.17, 15) is 0 Å². The van der Waals surface area contributed by atoms with E-state index in [0.29, 0.717) is 5.41 Å². The molecule has 2 atom stereocenters. The smallest absolute Gasteiger partial charge is 0.169 e. The molecule has 1 aromatic rings. The van der Waals surface area contributed by atoms with Crippen LogP contribution in [0.5, 0.6) is 5.75 Å². The first-order valence-electron chi connectivity index (χ1n) is 10.8. The summed E-state index contributed by atoms with van der Waals surface area (Å²) in [6.07, 6.45) is 8.62. The summed E-state index contributed by atoms with van der Waals surface area (Å²) in [4.78, 5) is 2.79. The van der Waals surface area contributed by atoms with E-state index in [0.717, 1.165) is 37.7 Å². The molecule has 4 nitrogen and oxygen atoms in total. The van der Waals surface area contributed by atoms with Gasteiger partial charge in [0.1, 0.15) is 5.75 Å². The van der Waals surface area contributed by atoms with Crippen LogP contribution in [0.1, 0.15) is 49.7 Å². The number of nitrogens with zero attached hydrogens (tertiary/aromatic N) is 1. The molecule has 2 saturated heterocycles. The number of benzene rings is 1. The van der Waals surface area contributed by atoms with Crippen LogP contribution in [0.15, 0.2) is 18.2 Å². The molecular weight excluding hydrogens is 338 g/mol. The van der Waals surface area contributed by atoms with E-state index in [4.69, 9.17) is 14.2 Å². The van der Waals surface area contributed by atoms with Crippen LogP contribution in [0.4, 0.5) is 0 Å². The Labute approximate surface area is 162 Å². The number of rotatable bonds is 3. The van der Waals surface area contributed by atoms with E-state index in [-0.39, 0.29) is 11.2 Å². The van der Waals surface area contributed by atoms with Crippen molar-refractivity contribution in [2.24, 2.45) is 11.3 Å². The SMILES string of the molecule is COc1ccc2c(c1)[C@]13CCN(CC4CC4)C[C@]1(CCC1(C3)OCCO1)C2. The van der Waals surface area contributed by atoms with Gasteiger partial charge in [0.25, 0.3) is 0 Å². The Kier molecular flexibility index (Phi) is 3.56. The maximum absolute atomic E-state index is 6.24. The van der Waals surface area contributed by atoms with E-state index < -0.39 is 0 Å². The van der Waals surface area contributed by atoms with Crippen molar-refractivity contribution in [3.8, 4) is 5.75 Å². The summed E-state index contributed by atoms with van der Waals surface area (Å²) in [6, 6.07) is 6.81. The lowest BCUT2D eigenvalue weighted by molar-refractivity contribution is -0.222.